The average Bonchev–Trinajstić information content (AvgIpc) is 3.18. The molecule has 84 valence electrons. The van der Waals surface area contributed by atoms with Gasteiger partial charge in [-0.05, 0) is 11.1 Å². The molecule has 1 nitrogen and oxygen atoms in total. The van der Waals surface area contributed by atoms with Gasteiger partial charge < -0.3 is 4.74 Å². The highest BCUT2D eigenvalue weighted by Crippen LogP contribution is 2.39. The molecule has 0 aromatic heterocycles. The van der Waals surface area contributed by atoms with E-state index >= 15 is 0 Å². The molecule has 2 aromatic rings. The molecule has 1 heterocycles. The Morgan fingerprint density at radius 2 is 1.47 bits per heavy atom. The van der Waals surface area contributed by atoms with Crippen LogP contribution in [0, 0.1) is 0 Å². The molecule has 1 saturated heterocycles. The van der Waals surface area contributed by atoms with Gasteiger partial charge in [-0.3, -0.25) is 0 Å². The van der Waals surface area contributed by atoms with E-state index in [4.69, 9.17) is 4.74 Å². The zero-order chi connectivity index (χ0) is 11.5. The maximum Gasteiger partial charge on any atom is 0.113 e. The molecular weight excluding hydrogens is 208 g/mol. The van der Waals surface area contributed by atoms with Crippen LogP contribution in [0.2, 0.25) is 0 Å². The van der Waals surface area contributed by atoms with Gasteiger partial charge in [-0.2, -0.15) is 0 Å². The summed E-state index contributed by atoms with van der Waals surface area (Å²) in [6, 6.07) is 20.7. The van der Waals surface area contributed by atoms with Crippen LogP contribution in [0.1, 0.15) is 17.2 Å². The molecule has 0 radical (unpaired) electrons. The lowest BCUT2D eigenvalue weighted by atomic mass is 10.1. The van der Waals surface area contributed by atoms with E-state index in [9.17, 15) is 0 Å². The molecular formula is C16H14O. The summed E-state index contributed by atoms with van der Waals surface area (Å²) in [5.41, 5.74) is 2.48. The molecule has 0 N–H and O–H groups in total. The summed E-state index contributed by atoms with van der Waals surface area (Å²) in [5, 5.41) is 0. The van der Waals surface area contributed by atoms with Crippen LogP contribution in [-0.4, -0.2) is 6.10 Å². The Labute approximate surface area is 101 Å². The maximum atomic E-state index is 5.64. The Hall–Kier alpha value is -1.86. The normalized spacial score (nSPS) is 22.8. The van der Waals surface area contributed by atoms with E-state index in [2.05, 4.69) is 48.6 Å². The molecule has 0 unspecified atom stereocenters. The molecule has 1 aliphatic rings. The quantitative estimate of drug-likeness (QED) is 0.719. The van der Waals surface area contributed by atoms with E-state index in [0.29, 0.717) is 0 Å². The highest BCUT2D eigenvalue weighted by molar-refractivity contribution is 5.50. The lowest BCUT2D eigenvalue weighted by Crippen LogP contribution is -1.83. The van der Waals surface area contributed by atoms with E-state index < -0.39 is 0 Å². The summed E-state index contributed by atoms with van der Waals surface area (Å²) in [4.78, 5) is 0. The third kappa shape index (κ3) is 2.45. The van der Waals surface area contributed by atoms with E-state index in [1.165, 1.54) is 11.1 Å². The predicted octanol–water partition coefficient (Wildman–Crippen LogP) is 3.84. The molecule has 2 atom stereocenters. The van der Waals surface area contributed by atoms with Crippen molar-refractivity contribution in [3.8, 4) is 0 Å². The van der Waals surface area contributed by atoms with E-state index in [-0.39, 0.29) is 12.2 Å². The second-order valence-corrected chi connectivity index (χ2v) is 4.20. The van der Waals surface area contributed by atoms with Crippen molar-refractivity contribution < 1.29 is 4.74 Å². The van der Waals surface area contributed by atoms with Crippen LogP contribution in [0.3, 0.4) is 0 Å². The fourth-order valence-electron chi connectivity index (χ4n) is 1.95. The summed E-state index contributed by atoms with van der Waals surface area (Å²) in [6.07, 6.45) is 4.73. The first-order chi connectivity index (χ1) is 8.43. The number of hydrogen-bond acceptors (Lipinski definition) is 1. The Morgan fingerprint density at radius 3 is 2.18 bits per heavy atom. The fraction of sp³-hybridized carbons (Fsp3) is 0.125. The van der Waals surface area contributed by atoms with Gasteiger partial charge in [0, 0.05) is 0 Å². The molecule has 0 bridgehead atoms. The first-order valence-corrected chi connectivity index (χ1v) is 5.87. The van der Waals surface area contributed by atoms with Crippen LogP contribution in [0.25, 0.3) is 6.08 Å². The van der Waals surface area contributed by atoms with Gasteiger partial charge in [0.25, 0.3) is 0 Å². The van der Waals surface area contributed by atoms with Gasteiger partial charge in [-0.25, -0.2) is 0 Å². The van der Waals surface area contributed by atoms with Crippen LogP contribution >= 0.6 is 0 Å². The summed E-state index contributed by atoms with van der Waals surface area (Å²) in [7, 11) is 0. The van der Waals surface area contributed by atoms with E-state index in [0.717, 1.165) is 0 Å². The molecule has 1 fully saturated rings. The van der Waals surface area contributed by atoms with Crippen molar-refractivity contribution in [2.24, 2.45) is 0 Å². The number of ether oxygens (including phenoxy) is 1. The fourth-order valence-corrected chi connectivity index (χ4v) is 1.95. The van der Waals surface area contributed by atoms with Crippen molar-refractivity contribution >= 4 is 6.08 Å². The van der Waals surface area contributed by atoms with Gasteiger partial charge in [0.15, 0.2) is 0 Å². The molecule has 17 heavy (non-hydrogen) atoms. The second kappa shape index (κ2) is 4.56. The smallest absolute Gasteiger partial charge is 0.113 e. The van der Waals surface area contributed by atoms with Gasteiger partial charge in [0.1, 0.15) is 12.2 Å². The van der Waals surface area contributed by atoms with Crippen LogP contribution in [0.5, 0.6) is 0 Å². The maximum absolute atomic E-state index is 5.64. The van der Waals surface area contributed by atoms with Crippen molar-refractivity contribution in [1.82, 2.24) is 0 Å². The number of benzene rings is 2. The molecule has 0 saturated carbocycles. The summed E-state index contributed by atoms with van der Waals surface area (Å²) in [6.45, 7) is 0. The molecule has 0 aliphatic carbocycles. The summed E-state index contributed by atoms with van der Waals surface area (Å²) >= 11 is 0. The summed E-state index contributed by atoms with van der Waals surface area (Å²) < 4.78 is 5.64. The van der Waals surface area contributed by atoms with Crippen LogP contribution in [0.15, 0.2) is 66.7 Å². The highest BCUT2D eigenvalue weighted by atomic mass is 16.6. The predicted molar refractivity (Wildman–Crippen MR) is 69.5 cm³/mol. The third-order valence-electron chi connectivity index (χ3n) is 2.93. The van der Waals surface area contributed by atoms with Crippen molar-refractivity contribution in [3.05, 3.63) is 77.9 Å². The highest BCUT2D eigenvalue weighted by Gasteiger charge is 2.37. The zero-order valence-electron chi connectivity index (χ0n) is 9.49. The molecule has 1 heteroatoms. The first kappa shape index (κ1) is 10.3. The van der Waals surface area contributed by atoms with Crippen LogP contribution in [0.4, 0.5) is 0 Å². The Kier molecular flexibility index (Phi) is 2.76. The number of epoxide rings is 1. The largest absolute Gasteiger partial charge is 0.360 e. The Morgan fingerprint density at radius 1 is 0.824 bits per heavy atom. The third-order valence-corrected chi connectivity index (χ3v) is 2.93. The van der Waals surface area contributed by atoms with Crippen molar-refractivity contribution in [2.45, 2.75) is 12.2 Å². The first-order valence-electron chi connectivity index (χ1n) is 5.87. The van der Waals surface area contributed by atoms with Crippen LogP contribution in [-0.2, 0) is 4.74 Å². The lowest BCUT2D eigenvalue weighted by molar-refractivity contribution is 0.394. The standard InChI is InChI=1S/C16H14O/c1-3-7-13(8-4-1)11-12-15-16(17-15)14-9-5-2-6-10-14/h1-12,15-16H/b12-11+/t15-,16+/m1/s1. The Bertz CT molecular complexity index is 502. The lowest BCUT2D eigenvalue weighted by Gasteiger charge is -1.92. The van der Waals surface area contributed by atoms with Crippen LogP contribution < -0.4 is 0 Å². The molecule has 2 aromatic carbocycles. The zero-order valence-corrected chi connectivity index (χ0v) is 9.49. The van der Waals surface area contributed by atoms with Gasteiger partial charge >= 0.3 is 0 Å². The molecule has 0 amide bonds. The minimum Gasteiger partial charge on any atom is -0.360 e. The molecule has 0 spiro atoms. The average molecular weight is 222 g/mol. The van der Waals surface area contributed by atoms with Crippen molar-refractivity contribution in [2.75, 3.05) is 0 Å². The van der Waals surface area contributed by atoms with E-state index in [1.807, 2.05) is 24.3 Å². The minimum absolute atomic E-state index is 0.234. The number of hydrogen-bond donors (Lipinski definition) is 0. The summed E-state index contributed by atoms with van der Waals surface area (Å²) in [5.74, 6) is 0. The van der Waals surface area contributed by atoms with Gasteiger partial charge in [0.2, 0.25) is 0 Å². The van der Waals surface area contributed by atoms with Gasteiger partial charge in [-0.15, -0.1) is 0 Å². The number of rotatable bonds is 3. The monoisotopic (exact) mass is 222 g/mol. The molecule has 3 rings (SSSR count). The topological polar surface area (TPSA) is 12.5 Å². The second-order valence-electron chi connectivity index (χ2n) is 4.20. The molecule has 1 aliphatic heterocycles. The van der Waals surface area contributed by atoms with Crippen molar-refractivity contribution in [3.63, 3.8) is 0 Å². The van der Waals surface area contributed by atoms with Crippen molar-refractivity contribution in [1.29, 1.82) is 0 Å². The minimum atomic E-state index is 0.234. The van der Waals surface area contributed by atoms with Gasteiger partial charge in [0.05, 0.1) is 0 Å². The Balaban J connectivity index is 1.65. The van der Waals surface area contributed by atoms with Gasteiger partial charge in [-0.1, -0.05) is 72.8 Å². The SMILES string of the molecule is C(=C\[C@H]1O[C@H]1c1ccccc1)/c1ccccc1. The van der Waals surface area contributed by atoms with E-state index in [1.54, 1.807) is 0 Å².